The number of rotatable bonds is 5. The van der Waals surface area contributed by atoms with Gasteiger partial charge >= 0.3 is 0 Å². The fourth-order valence-corrected chi connectivity index (χ4v) is 2.34. The number of ether oxygens (including phenoxy) is 1. The molecule has 1 aromatic carbocycles. The number of nitrogens with zero attached hydrogens (tertiary/aromatic N) is 1. The Hall–Kier alpha value is -1.30. The number of ketones is 1. The van der Waals surface area contributed by atoms with Crippen molar-refractivity contribution in [2.24, 2.45) is 0 Å². The first-order valence-electron chi connectivity index (χ1n) is 6.81. The molecule has 2 atom stereocenters. The number of Topliss-reactive ketones (excluding diaryl/α,β-unsaturated/α-hetero) is 1. The molecule has 20 heavy (non-hydrogen) atoms. The SMILES string of the molecule is CC1COC(CO)CN1CC(=O)Cc1ccccc1F. The van der Waals surface area contributed by atoms with Crippen LogP contribution in [0.4, 0.5) is 4.39 Å². The third-order valence-corrected chi connectivity index (χ3v) is 3.56. The van der Waals surface area contributed by atoms with Crippen LogP contribution >= 0.6 is 0 Å². The number of halogens is 1. The Morgan fingerprint density at radius 3 is 2.95 bits per heavy atom. The lowest BCUT2D eigenvalue weighted by Crippen LogP contribution is -2.51. The highest BCUT2D eigenvalue weighted by molar-refractivity contribution is 5.82. The van der Waals surface area contributed by atoms with Crippen molar-refractivity contribution in [2.75, 3.05) is 26.3 Å². The molecule has 0 aromatic heterocycles. The number of aliphatic hydroxyl groups is 1. The third-order valence-electron chi connectivity index (χ3n) is 3.56. The smallest absolute Gasteiger partial charge is 0.151 e. The molecule has 4 nitrogen and oxygen atoms in total. The summed E-state index contributed by atoms with van der Waals surface area (Å²) in [6.07, 6.45) is -0.145. The summed E-state index contributed by atoms with van der Waals surface area (Å²) in [5, 5.41) is 9.11. The normalized spacial score (nSPS) is 23.8. The van der Waals surface area contributed by atoms with Crippen molar-refractivity contribution in [3.63, 3.8) is 0 Å². The largest absolute Gasteiger partial charge is 0.394 e. The number of aliphatic hydroxyl groups excluding tert-OH is 1. The van der Waals surface area contributed by atoms with Crippen LogP contribution in [0.15, 0.2) is 24.3 Å². The van der Waals surface area contributed by atoms with E-state index >= 15 is 0 Å². The van der Waals surface area contributed by atoms with Crippen LogP contribution in [0, 0.1) is 5.82 Å². The Bertz CT molecular complexity index is 466. The maximum Gasteiger partial charge on any atom is 0.151 e. The van der Waals surface area contributed by atoms with E-state index in [4.69, 9.17) is 9.84 Å². The maximum absolute atomic E-state index is 13.5. The Labute approximate surface area is 118 Å². The molecule has 1 aliphatic heterocycles. The maximum atomic E-state index is 13.5. The molecule has 0 radical (unpaired) electrons. The Balaban J connectivity index is 1.92. The summed E-state index contributed by atoms with van der Waals surface area (Å²) < 4.78 is 18.9. The van der Waals surface area contributed by atoms with Crippen LogP contribution in [-0.2, 0) is 16.0 Å². The molecule has 1 aliphatic rings. The van der Waals surface area contributed by atoms with Crippen molar-refractivity contribution in [1.82, 2.24) is 4.90 Å². The topological polar surface area (TPSA) is 49.8 Å². The van der Waals surface area contributed by atoms with Crippen molar-refractivity contribution in [3.8, 4) is 0 Å². The molecule has 1 saturated heterocycles. The summed E-state index contributed by atoms with van der Waals surface area (Å²) >= 11 is 0. The molecule has 2 unspecified atom stereocenters. The molecule has 0 aliphatic carbocycles. The van der Waals surface area contributed by atoms with E-state index in [2.05, 4.69) is 0 Å². The Morgan fingerprint density at radius 2 is 2.25 bits per heavy atom. The number of hydrogen-bond donors (Lipinski definition) is 1. The molecule has 1 N–H and O–H groups in total. The molecule has 0 spiro atoms. The van der Waals surface area contributed by atoms with Gasteiger partial charge < -0.3 is 9.84 Å². The number of morpholine rings is 1. The van der Waals surface area contributed by atoms with Crippen LogP contribution in [0.1, 0.15) is 12.5 Å². The first kappa shape index (κ1) is 15.1. The molecular formula is C15H20FNO3. The summed E-state index contributed by atoms with van der Waals surface area (Å²) in [6.45, 7) is 3.21. The highest BCUT2D eigenvalue weighted by Crippen LogP contribution is 2.13. The van der Waals surface area contributed by atoms with Gasteiger partial charge in [0.15, 0.2) is 5.78 Å². The standard InChI is InChI=1S/C15H20FNO3/c1-11-10-20-14(9-18)8-17(11)7-13(19)6-12-4-2-3-5-15(12)16/h2-5,11,14,18H,6-10H2,1H3. The molecule has 2 rings (SSSR count). The zero-order chi connectivity index (χ0) is 14.5. The Morgan fingerprint density at radius 1 is 1.50 bits per heavy atom. The van der Waals surface area contributed by atoms with Crippen molar-refractivity contribution in [3.05, 3.63) is 35.6 Å². The van der Waals surface area contributed by atoms with Gasteiger partial charge in [-0.3, -0.25) is 9.69 Å². The lowest BCUT2D eigenvalue weighted by atomic mass is 10.1. The molecule has 0 saturated carbocycles. The molecule has 1 aromatic rings. The minimum atomic E-state index is -0.343. The van der Waals surface area contributed by atoms with Gasteiger partial charge in [-0.15, -0.1) is 0 Å². The van der Waals surface area contributed by atoms with E-state index in [1.54, 1.807) is 18.2 Å². The zero-order valence-corrected chi connectivity index (χ0v) is 11.6. The summed E-state index contributed by atoms with van der Waals surface area (Å²) in [5.41, 5.74) is 0.428. The monoisotopic (exact) mass is 281 g/mol. The highest BCUT2D eigenvalue weighted by atomic mass is 19.1. The number of carbonyl (C=O) groups excluding carboxylic acids is 1. The zero-order valence-electron chi connectivity index (χ0n) is 11.6. The summed E-state index contributed by atoms with van der Waals surface area (Å²) in [6, 6.07) is 6.46. The van der Waals surface area contributed by atoms with Gasteiger partial charge in [-0.05, 0) is 18.6 Å². The summed E-state index contributed by atoms with van der Waals surface area (Å²) in [7, 11) is 0. The summed E-state index contributed by atoms with van der Waals surface area (Å²) in [5.74, 6) is -0.371. The lowest BCUT2D eigenvalue weighted by Gasteiger charge is -2.36. The lowest BCUT2D eigenvalue weighted by molar-refractivity contribution is -0.125. The average molecular weight is 281 g/mol. The highest BCUT2D eigenvalue weighted by Gasteiger charge is 2.27. The number of hydrogen-bond acceptors (Lipinski definition) is 4. The van der Waals surface area contributed by atoms with Crippen LogP contribution in [0.3, 0.4) is 0 Å². The second kappa shape index (κ2) is 6.92. The van der Waals surface area contributed by atoms with Gasteiger partial charge in [0.25, 0.3) is 0 Å². The minimum absolute atomic E-state index is 0.0273. The molecule has 110 valence electrons. The fraction of sp³-hybridized carbons (Fsp3) is 0.533. The number of benzene rings is 1. The second-order valence-electron chi connectivity index (χ2n) is 5.22. The van der Waals surface area contributed by atoms with E-state index in [1.807, 2.05) is 11.8 Å². The predicted molar refractivity (Wildman–Crippen MR) is 73.0 cm³/mol. The molecule has 1 heterocycles. The van der Waals surface area contributed by atoms with Gasteiger partial charge in [0.2, 0.25) is 0 Å². The van der Waals surface area contributed by atoms with Crippen LogP contribution in [-0.4, -0.2) is 54.2 Å². The first-order chi connectivity index (χ1) is 9.60. The molecule has 0 amide bonds. The van der Waals surface area contributed by atoms with Gasteiger partial charge in [-0.25, -0.2) is 4.39 Å². The van der Waals surface area contributed by atoms with Gasteiger partial charge in [0.05, 0.1) is 25.9 Å². The van der Waals surface area contributed by atoms with Crippen LogP contribution in [0.5, 0.6) is 0 Å². The third kappa shape index (κ3) is 3.85. The number of carbonyl (C=O) groups is 1. The summed E-state index contributed by atoms with van der Waals surface area (Å²) in [4.78, 5) is 14.0. The first-order valence-corrected chi connectivity index (χ1v) is 6.81. The van der Waals surface area contributed by atoms with Crippen molar-refractivity contribution < 1.29 is 19.0 Å². The molecular weight excluding hydrogens is 261 g/mol. The van der Waals surface area contributed by atoms with E-state index in [-0.39, 0.29) is 43.3 Å². The van der Waals surface area contributed by atoms with Gasteiger partial charge in [0.1, 0.15) is 5.82 Å². The second-order valence-corrected chi connectivity index (χ2v) is 5.22. The van der Waals surface area contributed by atoms with Gasteiger partial charge in [-0.1, -0.05) is 18.2 Å². The molecule has 5 heteroatoms. The van der Waals surface area contributed by atoms with Crippen LogP contribution in [0.25, 0.3) is 0 Å². The van der Waals surface area contributed by atoms with Crippen molar-refractivity contribution >= 4 is 5.78 Å². The van der Waals surface area contributed by atoms with E-state index < -0.39 is 0 Å². The fourth-order valence-electron chi connectivity index (χ4n) is 2.34. The van der Waals surface area contributed by atoms with Crippen molar-refractivity contribution in [1.29, 1.82) is 0 Å². The molecule has 1 fully saturated rings. The van der Waals surface area contributed by atoms with E-state index in [9.17, 15) is 9.18 Å². The van der Waals surface area contributed by atoms with E-state index in [0.29, 0.717) is 18.7 Å². The van der Waals surface area contributed by atoms with Crippen molar-refractivity contribution in [2.45, 2.75) is 25.5 Å². The van der Waals surface area contributed by atoms with Gasteiger partial charge in [-0.2, -0.15) is 0 Å². The van der Waals surface area contributed by atoms with E-state index in [0.717, 1.165) is 0 Å². The Kier molecular flexibility index (Phi) is 5.23. The average Bonchev–Trinajstić information content (AvgIpc) is 2.44. The van der Waals surface area contributed by atoms with Crippen LogP contribution < -0.4 is 0 Å². The van der Waals surface area contributed by atoms with Gasteiger partial charge in [0, 0.05) is 19.0 Å². The van der Waals surface area contributed by atoms with Crippen LogP contribution in [0.2, 0.25) is 0 Å². The van der Waals surface area contributed by atoms with E-state index in [1.165, 1.54) is 6.07 Å². The minimum Gasteiger partial charge on any atom is -0.394 e. The predicted octanol–water partition coefficient (Wildman–Crippen LogP) is 1.02. The quantitative estimate of drug-likeness (QED) is 0.875. The molecule has 0 bridgehead atoms.